The van der Waals surface area contributed by atoms with E-state index >= 15 is 0 Å². The number of fused-ring (bicyclic) bond motifs is 1. The highest BCUT2D eigenvalue weighted by atomic mass is 16.6. The fourth-order valence-electron chi connectivity index (χ4n) is 2.98. The van der Waals surface area contributed by atoms with Gasteiger partial charge in [-0.25, -0.2) is 0 Å². The van der Waals surface area contributed by atoms with Crippen LogP contribution < -0.4 is 0 Å². The Kier molecular flexibility index (Phi) is 4.20. The first-order valence-electron chi connectivity index (χ1n) is 6.49. The first kappa shape index (κ1) is 13.0. The normalized spacial score (nSPS) is 43.2. The zero-order valence-corrected chi connectivity index (χ0v) is 10.2. The Bertz CT molecular complexity index is 279. The third-order valence-electron chi connectivity index (χ3n) is 3.84. The number of aliphatic hydroxyl groups excluding tert-OH is 3. The zero-order valence-electron chi connectivity index (χ0n) is 10.2. The molecule has 1 saturated carbocycles. The minimum absolute atomic E-state index is 0.00339. The minimum atomic E-state index is -0.686. The van der Waals surface area contributed by atoms with Crippen LogP contribution in [-0.2, 0) is 4.74 Å². The van der Waals surface area contributed by atoms with Crippen LogP contribution in [0.1, 0.15) is 32.6 Å². The second-order valence-corrected chi connectivity index (χ2v) is 5.15. The summed E-state index contributed by atoms with van der Waals surface area (Å²) in [6.07, 6.45) is 4.95. The van der Waals surface area contributed by atoms with Gasteiger partial charge in [0.25, 0.3) is 0 Å². The van der Waals surface area contributed by atoms with Crippen molar-refractivity contribution < 1.29 is 20.1 Å². The Hall–Kier alpha value is -0.420. The lowest BCUT2D eigenvalue weighted by Crippen LogP contribution is -2.19. The molecule has 1 unspecified atom stereocenters. The van der Waals surface area contributed by atoms with Gasteiger partial charge in [-0.3, -0.25) is 0 Å². The first-order valence-corrected chi connectivity index (χ1v) is 6.49. The van der Waals surface area contributed by atoms with Crippen molar-refractivity contribution >= 4 is 0 Å². The molecule has 0 aromatic carbocycles. The van der Waals surface area contributed by atoms with Gasteiger partial charge in [-0.1, -0.05) is 25.5 Å². The summed E-state index contributed by atoms with van der Waals surface area (Å²) in [4.78, 5) is 0. The molecule has 0 aromatic heterocycles. The fourth-order valence-corrected chi connectivity index (χ4v) is 2.98. The summed E-state index contributed by atoms with van der Waals surface area (Å²) in [6, 6.07) is 0. The van der Waals surface area contributed by atoms with Gasteiger partial charge >= 0.3 is 0 Å². The van der Waals surface area contributed by atoms with Crippen molar-refractivity contribution in [2.45, 2.75) is 57.2 Å². The van der Waals surface area contributed by atoms with E-state index in [4.69, 9.17) is 4.74 Å². The summed E-state index contributed by atoms with van der Waals surface area (Å²) >= 11 is 0. The van der Waals surface area contributed by atoms with Gasteiger partial charge in [0.05, 0.1) is 18.3 Å². The third-order valence-corrected chi connectivity index (χ3v) is 3.84. The molecule has 1 heterocycles. The lowest BCUT2D eigenvalue weighted by molar-refractivity contribution is -0.0949. The Morgan fingerprint density at radius 3 is 2.82 bits per heavy atom. The molecule has 2 aliphatic rings. The molecule has 0 amide bonds. The topological polar surface area (TPSA) is 69.9 Å². The Morgan fingerprint density at radius 2 is 2.12 bits per heavy atom. The second-order valence-electron chi connectivity index (χ2n) is 5.15. The fraction of sp³-hybridized carbons (Fsp3) is 0.846. The Morgan fingerprint density at radius 1 is 1.35 bits per heavy atom. The highest BCUT2D eigenvalue weighted by molar-refractivity contribution is 5.06. The van der Waals surface area contributed by atoms with Crippen molar-refractivity contribution in [3.8, 4) is 0 Å². The maximum atomic E-state index is 9.93. The van der Waals surface area contributed by atoms with Crippen LogP contribution in [0, 0.1) is 11.8 Å². The van der Waals surface area contributed by atoms with E-state index in [9.17, 15) is 15.3 Å². The van der Waals surface area contributed by atoms with Crippen LogP contribution in [0.15, 0.2) is 12.2 Å². The average Bonchev–Trinajstić information content (AvgIpc) is 2.71. The first-order chi connectivity index (χ1) is 8.11. The monoisotopic (exact) mass is 242 g/mol. The van der Waals surface area contributed by atoms with Crippen LogP contribution in [0.25, 0.3) is 0 Å². The van der Waals surface area contributed by atoms with Crippen LogP contribution in [-0.4, -0.2) is 39.9 Å². The van der Waals surface area contributed by atoms with E-state index in [2.05, 4.69) is 0 Å². The largest absolute Gasteiger partial charge is 0.392 e. The molecule has 98 valence electrons. The van der Waals surface area contributed by atoms with E-state index in [0.29, 0.717) is 12.8 Å². The van der Waals surface area contributed by atoms with Crippen LogP contribution in [0.3, 0.4) is 0 Å². The molecule has 0 bridgehead atoms. The lowest BCUT2D eigenvalue weighted by Gasteiger charge is -2.16. The molecule has 2 fully saturated rings. The van der Waals surface area contributed by atoms with E-state index < -0.39 is 18.5 Å². The number of hydrogen-bond donors (Lipinski definition) is 3. The molecule has 1 aliphatic carbocycles. The van der Waals surface area contributed by atoms with E-state index in [1.54, 1.807) is 6.08 Å². The summed E-state index contributed by atoms with van der Waals surface area (Å²) in [5, 5.41) is 29.0. The number of rotatable bonds is 4. The van der Waals surface area contributed by atoms with Gasteiger partial charge in [0.2, 0.25) is 0 Å². The van der Waals surface area contributed by atoms with Crippen LogP contribution in [0.5, 0.6) is 0 Å². The molecule has 2 rings (SSSR count). The maximum Gasteiger partial charge on any atom is 0.155 e. The molecular weight excluding hydrogens is 220 g/mol. The van der Waals surface area contributed by atoms with Crippen molar-refractivity contribution in [1.82, 2.24) is 0 Å². The number of hydrogen-bond acceptors (Lipinski definition) is 4. The van der Waals surface area contributed by atoms with Gasteiger partial charge in [0.1, 0.15) is 0 Å². The summed E-state index contributed by atoms with van der Waals surface area (Å²) in [6.45, 7) is 2.03. The molecule has 4 nitrogen and oxygen atoms in total. The highest BCUT2D eigenvalue weighted by Gasteiger charge is 2.47. The van der Waals surface area contributed by atoms with Crippen molar-refractivity contribution in [2.75, 3.05) is 0 Å². The van der Waals surface area contributed by atoms with Gasteiger partial charge in [0.15, 0.2) is 6.29 Å². The van der Waals surface area contributed by atoms with Crippen LogP contribution in [0.4, 0.5) is 0 Å². The lowest BCUT2D eigenvalue weighted by atomic mass is 9.91. The van der Waals surface area contributed by atoms with Gasteiger partial charge < -0.3 is 20.1 Å². The van der Waals surface area contributed by atoms with E-state index in [-0.39, 0.29) is 17.9 Å². The SMILES string of the molecule is CCC[C@H](O)/C=C/[C@@H]1[C@H]2CC(O)O[C@H]2C[C@H]1O. The average molecular weight is 242 g/mol. The number of aliphatic hydroxyl groups is 3. The highest BCUT2D eigenvalue weighted by Crippen LogP contribution is 2.43. The maximum absolute atomic E-state index is 9.93. The van der Waals surface area contributed by atoms with Crippen molar-refractivity contribution in [1.29, 1.82) is 0 Å². The van der Waals surface area contributed by atoms with Gasteiger partial charge in [0, 0.05) is 18.8 Å². The molecule has 0 radical (unpaired) electrons. The predicted octanol–water partition coefficient (Wildman–Crippen LogP) is 0.808. The molecule has 0 aromatic rings. The third kappa shape index (κ3) is 2.88. The molecule has 4 heteroatoms. The second kappa shape index (κ2) is 5.48. The van der Waals surface area contributed by atoms with Crippen molar-refractivity contribution in [3.05, 3.63) is 12.2 Å². The molecular formula is C13H22O4. The summed E-state index contributed by atoms with van der Waals surface area (Å²) in [5.74, 6) is 0.189. The van der Waals surface area contributed by atoms with Crippen molar-refractivity contribution in [3.63, 3.8) is 0 Å². The quantitative estimate of drug-likeness (QED) is 0.638. The summed E-state index contributed by atoms with van der Waals surface area (Å²) in [5.41, 5.74) is 0. The minimum Gasteiger partial charge on any atom is -0.392 e. The zero-order chi connectivity index (χ0) is 12.4. The molecule has 3 N–H and O–H groups in total. The van der Waals surface area contributed by atoms with Gasteiger partial charge in [-0.05, 0) is 12.3 Å². The van der Waals surface area contributed by atoms with E-state index in [0.717, 1.165) is 12.8 Å². The Balaban J connectivity index is 1.95. The Labute approximate surface area is 102 Å². The molecule has 17 heavy (non-hydrogen) atoms. The summed E-state index contributed by atoms with van der Waals surface area (Å²) < 4.78 is 5.34. The van der Waals surface area contributed by atoms with E-state index in [1.165, 1.54) is 0 Å². The van der Waals surface area contributed by atoms with Crippen LogP contribution in [0.2, 0.25) is 0 Å². The number of ether oxygens (including phenoxy) is 1. The molecule has 0 spiro atoms. The van der Waals surface area contributed by atoms with Gasteiger partial charge in [-0.15, -0.1) is 0 Å². The summed E-state index contributed by atoms with van der Waals surface area (Å²) in [7, 11) is 0. The molecule has 1 saturated heterocycles. The van der Waals surface area contributed by atoms with E-state index in [1.807, 2.05) is 13.0 Å². The van der Waals surface area contributed by atoms with Crippen LogP contribution >= 0.6 is 0 Å². The van der Waals surface area contributed by atoms with Gasteiger partial charge in [-0.2, -0.15) is 0 Å². The standard InChI is InChI=1S/C13H22O4/c1-2-3-8(14)4-5-9-10-6-13(16)17-12(10)7-11(9)15/h4-5,8-16H,2-3,6-7H2,1H3/b5-4+/t8-,9+,10+,11+,12-,13?/m0/s1. The molecule has 6 atom stereocenters. The predicted molar refractivity (Wildman–Crippen MR) is 63.2 cm³/mol. The molecule has 1 aliphatic heterocycles. The van der Waals surface area contributed by atoms with Crippen molar-refractivity contribution in [2.24, 2.45) is 11.8 Å². The smallest absolute Gasteiger partial charge is 0.155 e.